The average Bonchev–Trinajstić information content (AvgIpc) is 3.09. The standard InChI is InChI=1S/C42H46O4Si2/c1-41(2,3)47(37-19-11-7-12-20-37,38-21-13-8-14-22-38)45-31-35-27-33(29-43)34(30-44)28-36(35)32-46-48(42(4,5)6,39-23-15-9-16-24-39)40-25-17-10-18-26-40/h7-30H,31-32H2,1-6H3. The van der Waals surface area contributed by atoms with Crippen LogP contribution in [-0.2, 0) is 22.1 Å². The fourth-order valence-electron chi connectivity index (χ4n) is 7.10. The van der Waals surface area contributed by atoms with Crippen molar-refractivity contribution >= 4 is 50.0 Å². The van der Waals surface area contributed by atoms with Crippen LogP contribution in [0, 0.1) is 0 Å². The van der Waals surface area contributed by atoms with Crippen molar-refractivity contribution in [2.24, 2.45) is 0 Å². The topological polar surface area (TPSA) is 52.6 Å². The lowest BCUT2D eigenvalue weighted by Gasteiger charge is -2.44. The Balaban J connectivity index is 1.64. The van der Waals surface area contributed by atoms with E-state index in [2.05, 4.69) is 139 Å². The monoisotopic (exact) mass is 670 g/mol. The molecule has 0 atom stereocenters. The van der Waals surface area contributed by atoms with E-state index in [1.165, 1.54) is 20.7 Å². The van der Waals surface area contributed by atoms with Crippen LogP contribution in [0.3, 0.4) is 0 Å². The number of aldehydes is 2. The molecule has 5 aromatic rings. The summed E-state index contributed by atoms with van der Waals surface area (Å²) >= 11 is 0. The second-order valence-electron chi connectivity index (χ2n) is 14.4. The zero-order valence-electron chi connectivity index (χ0n) is 28.9. The van der Waals surface area contributed by atoms with E-state index in [4.69, 9.17) is 8.85 Å². The number of rotatable bonds is 12. The quantitative estimate of drug-likeness (QED) is 0.102. The van der Waals surface area contributed by atoms with Gasteiger partial charge in [0.15, 0.2) is 12.6 Å². The van der Waals surface area contributed by atoms with E-state index in [9.17, 15) is 9.59 Å². The Morgan fingerprint density at radius 1 is 0.458 bits per heavy atom. The van der Waals surface area contributed by atoms with Gasteiger partial charge < -0.3 is 8.85 Å². The van der Waals surface area contributed by atoms with Crippen LogP contribution in [0.1, 0.15) is 73.4 Å². The molecule has 0 aliphatic carbocycles. The third-order valence-electron chi connectivity index (χ3n) is 9.38. The van der Waals surface area contributed by atoms with Crippen molar-refractivity contribution < 1.29 is 18.4 Å². The summed E-state index contributed by atoms with van der Waals surface area (Å²) in [6, 6.07) is 45.7. The van der Waals surface area contributed by atoms with Gasteiger partial charge in [-0.1, -0.05) is 163 Å². The van der Waals surface area contributed by atoms with Crippen molar-refractivity contribution in [3.8, 4) is 0 Å². The summed E-state index contributed by atoms with van der Waals surface area (Å²) < 4.78 is 14.6. The second-order valence-corrected chi connectivity index (χ2v) is 23.0. The highest BCUT2D eigenvalue weighted by Crippen LogP contribution is 2.39. The van der Waals surface area contributed by atoms with E-state index in [0.717, 1.165) is 23.7 Å². The first-order valence-electron chi connectivity index (χ1n) is 16.5. The van der Waals surface area contributed by atoms with Crippen molar-refractivity contribution in [2.75, 3.05) is 0 Å². The third kappa shape index (κ3) is 6.71. The Hall–Kier alpha value is -4.21. The van der Waals surface area contributed by atoms with Crippen LogP contribution in [0.4, 0.5) is 0 Å². The zero-order valence-corrected chi connectivity index (χ0v) is 30.9. The molecule has 0 heterocycles. The summed E-state index contributed by atoms with van der Waals surface area (Å²) in [5.74, 6) is 0. The molecular weight excluding hydrogens is 625 g/mol. The lowest BCUT2D eigenvalue weighted by atomic mass is 10.0. The molecule has 0 aliphatic rings. The largest absolute Gasteiger partial charge is 0.403 e. The van der Waals surface area contributed by atoms with Gasteiger partial charge in [0.25, 0.3) is 16.6 Å². The second kappa shape index (κ2) is 14.5. The van der Waals surface area contributed by atoms with Gasteiger partial charge in [-0.15, -0.1) is 0 Å². The molecule has 0 N–H and O–H groups in total. The third-order valence-corrected chi connectivity index (χ3v) is 19.3. The van der Waals surface area contributed by atoms with Crippen LogP contribution in [0.2, 0.25) is 10.1 Å². The van der Waals surface area contributed by atoms with E-state index in [0.29, 0.717) is 11.1 Å². The molecule has 48 heavy (non-hydrogen) atoms. The van der Waals surface area contributed by atoms with Crippen LogP contribution < -0.4 is 20.7 Å². The van der Waals surface area contributed by atoms with Gasteiger partial charge in [0, 0.05) is 11.1 Å². The van der Waals surface area contributed by atoms with Crippen LogP contribution in [0.25, 0.3) is 0 Å². The molecule has 0 radical (unpaired) electrons. The number of hydrogen-bond donors (Lipinski definition) is 0. The minimum atomic E-state index is -2.89. The first-order chi connectivity index (χ1) is 23.0. The van der Waals surface area contributed by atoms with Crippen molar-refractivity contribution in [3.05, 3.63) is 156 Å². The van der Waals surface area contributed by atoms with Gasteiger partial charge in [0.2, 0.25) is 0 Å². The van der Waals surface area contributed by atoms with Gasteiger partial charge in [-0.05, 0) is 54.1 Å². The number of carbonyl (C=O) groups excluding carboxylic acids is 2. The van der Waals surface area contributed by atoms with Gasteiger partial charge in [0.1, 0.15) is 0 Å². The molecule has 4 nitrogen and oxygen atoms in total. The number of benzene rings is 5. The lowest BCUT2D eigenvalue weighted by molar-refractivity contribution is 0.109. The fourth-order valence-corrected chi connectivity index (χ4v) is 16.2. The molecule has 0 saturated carbocycles. The Kier molecular flexibility index (Phi) is 10.6. The average molecular weight is 671 g/mol. The normalized spacial score (nSPS) is 12.5. The van der Waals surface area contributed by atoms with Gasteiger partial charge in [-0.25, -0.2) is 0 Å². The minimum Gasteiger partial charge on any atom is -0.403 e. The highest BCUT2D eigenvalue weighted by molar-refractivity contribution is 7.00. The molecule has 0 aliphatic heterocycles. The molecule has 0 aromatic heterocycles. The van der Waals surface area contributed by atoms with E-state index in [1.807, 2.05) is 36.4 Å². The van der Waals surface area contributed by atoms with Crippen molar-refractivity contribution in [2.45, 2.75) is 64.8 Å². The highest BCUT2D eigenvalue weighted by Gasteiger charge is 2.51. The van der Waals surface area contributed by atoms with Crippen molar-refractivity contribution in [1.29, 1.82) is 0 Å². The van der Waals surface area contributed by atoms with E-state index >= 15 is 0 Å². The molecule has 0 saturated heterocycles. The molecule has 0 unspecified atom stereocenters. The molecule has 6 heteroatoms. The number of carbonyl (C=O) groups is 2. The van der Waals surface area contributed by atoms with Gasteiger partial charge >= 0.3 is 0 Å². The maximum Gasteiger partial charge on any atom is 0.261 e. The summed E-state index contributed by atoms with van der Waals surface area (Å²) in [5, 5.41) is 4.25. The summed E-state index contributed by atoms with van der Waals surface area (Å²) in [4.78, 5) is 24.5. The Morgan fingerprint density at radius 2 is 0.708 bits per heavy atom. The number of hydrogen-bond acceptors (Lipinski definition) is 4. The van der Waals surface area contributed by atoms with Crippen LogP contribution in [0.5, 0.6) is 0 Å². The molecule has 5 rings (SSSR count). The van der Waals surface area contributed by atoms with Crippen molar-refractivity contribution in [3.63, 3.8) is 0 Å². The van der Waals surface area contributed by atoms with Crippen LogP contribution >= 0.6 is 0 Å². The first kappa shape index (κ1) is 35.1. The van der Waals surface area contributed by atoms with E-state index in [1.54, 1.807) is 0 Å². The predicted octanol–water partition coefficient (Wildman–Crippen LogP) is 7.46. The fraction of sp³-hybridized carbons (Fsp3) is 0.238. The molecule has 5 aromatic carbocycles. The van der Waals surface area contributed by atoms with E-state index in [-0.39, 0.29) is 23.3 Å². The van der Waals surface area contributed by atoms with Gasteiger partial charge in [-0.2, -0.15) is 0 Å². The summed E-state index contributed by atoms with van der Waals surface area (Å²) in [5.41, 5.74) is 2.38. The Bertz CT molecular complexity index is 1600. The Labute approximate surface area is 288 Å². The van der Waals surface area contributed by atoms with Gasteiger partial charge in [0.05, 0.1) is 13.2 Å². The lowest BCUT2D eigenvalue weighted by Crippen LogP contribution is -2.66. The minimum absolute atomic E-state index is 0.225. The molecule has 0 amide bonds. The molecule has 0 bridgehead atoms. The maximum atomic E-state index is 12.3. The summed E-state index contributed by atoms with van der Waals surface area (Å²) in [6.07, 6.45) is 1.51. The van der Waals surface area contributed by atoms with Crippen molar-refractivity contribution in [1.82, 2.24) is 0 Å². The highest BCUT2D eigenvalue weighted by atomic mass is 28.4. The molecule has 0 fully saturated rings. The van der Waals surface area contributed by atoms with Crippen LogP contribution in [-0.4, -0.2) is 29.2 Å². The molecule has 246 valence electrons. The molecule has 0 spiro atoms. The first-order valence-corrected chi connectivity index (χ1v) is 20.4. The maximum absolute atomic E-state index is 12.3. The van der Waals surface area contributed by atoms with Gasteiger partial charge in [-0.3, -0.25) is 9.59 Å². The Morgan fingerprint density at radius 3 is 0.917 bits per heavy atom. The smallest absolute Gasteiger partial charge is 0.261 e. The SMILES string of the molecule is CC(C)(C)[Si](OCc1cc(C=O)c(C=O)cc1CO[Si](c1ccccc1)(c1ccccc1)C(C)(C)C)(c1ccccc1)c1ccccc1. The summed E-state index contributed by atoms with van der Waals surface area (Å²) in [6.45, 7) is 14.0. The summed E-state index contributed by atoms with van der Waals surface area (Å²) in [7, 11) is -5.78. The molecular formula is C42H46O4Si2. The zero-order chi connectivity index (χ0) is 34.4. The predicted molar refractivity (Wildman–Crippen MR) is 202 cm³/mol. The van der Waals surface area contributed by atoms with Crippen LogP contribution in [0.15, 0.2) is 133 Å². The van der Waals surface area contributed by atoms with E-state index < -0.39 is 16.6 Å².